The van der Waals surface area contributed by atoms with Crippen LogP contribution in [0.1, 0.15) is 25.7 Å². The number of aliphatic imine (C=N–C) groups is 2. The molecule has 1 atom stereocenters. The van der Waals surface area contributed by atoms with Crippen LogP contribution in [0.5, 0.6) is 0 Å². The number of aromatic nitrogens is 2. The predicted octanol–water partition coefficient (Wildman–Crippen LogP) is 4.20. The second kappa shape index (κ2) is 8.00. The molecule has 152 valence electrons. The number of rotatable bonds is 5. The van der Waals surface area contributed by atoms with Gasteiger partial charge in [-0.1, -0.05) is 41.7 Å². The van der Waals surface area contributed by atoms with Gasteiger partial charge in [0.1, 0.15) is 11.8 Å². The maximum atomic E-state index is 12.9. The molecule has 1 aliphatic carbocycles. The van der Waals surface area contributed by atoms with E-state index in [1.165, 1.54) is 28.7 Å². The van der Waals surface area contributed by atoms with Crippen LogP contribution in [0.4, 0.5) is 0 Å². The van der Waals surface area contributed by atoms with Crippen LogP contribution in [0.15, 0.2) is 67.3 Å². The van der Waals surface area contributed by atoms with E-state index < -0.39 is 0 Å². The molecule has 30 heavy (non-hydrogen) atoms. The number of carbonyl (C=O) groups is 1. The zero-order chi connectivity index (χ0) is 20.7. The molecule has 1 unspecified atom stereocenters. The molecule has 0 N–H and O–H groups in total. The van der Waals surface area contributed by atoms with Gasteiger partial charge in [-0.05, 0) is 48.3 Å². The van der Waals surface area contributed by atoms with Crippen LogP contribution >= 0.6 is 23.5 Å². The molecule has 0 fully saturated rings. The fourth-order valence-corrected chi connectivity index (χ4v) is 6.31. The lowest BCUT2D eigenvalue weighted by Crippen LogP contribution is -2.27. The quantitative estimate of drug-likeness (QED) is 0.399. The number of fused-ring (bicyclic) bond motifs is 3. The van der Waals surface area contributed by atoms with Crippen molar-refractivity contribution >= 4 is 51.2 Å². The van der Waals surface area contributed by atoms with Gasteiger partial charge in [-0.2, -0.15) is 4.99 Å². The molecule has 1 aromatic heterocycles. The van der Waals surface area contributed by atoms with E-state index in [-0.39, 0.29) is 17.4 Å². The van der Waals surface area contributed by atoms with Crippen LogP contribution in [0.3, 0.4) is 0 Å². The summed E-state index contributed by atoms with van der Waals surface area (Å²) in [5, 5.41) is 2.02. The number of amides is 1. The molecule has 3 aliphatic rings. The zero-order valence-corrected chi connectivity index (χ0v) is 18.0. The number of hydrogen-bond donors (Lipinski definition) is 0. The first-order chi connectivity index (χ1) is 14.7. The van der Waals surface area contributed by atoms with Gasteiger partial charge in [0.25, 0.3) is 11.5 Å². The van der Waals surface area contributed by atoms with E-state index in [2.05, 4.69) is 16.6 Å². The summed E-state index contributed by atoms with van der Waals surface area (Å²) in [6.07, 6.45) is 6.02. The monoisotopic (exact) mass is 436 g/mol. The van der Waals surface area contributed by atoms with Gasteiger partial charge in [0.15, 0.2) is 5.16 Å². The van der Waals surface area contributed by atoms with Crippen molar-refractivity contribution in [1.82, 2.24) is 9.55 Å². The van der Waals surface area contributed by atoms with Gasteiger partial charge >= 0.3 is 0 Å². The smallest absolute Gasteiger partial charge is 0.262 e. The lowest BCUT2D eigenvalue weighted by Gasteiger charge is -2.18. The van der Waals surface area contributed by atoms with E-state index in [4.69, 9.17) is 4.99 Å². The van der Waals surface area contributed by atoms with Gasteiger partial charge in [-0.15, -0.1) is 6.58 Å². The summed E-state index contributed by atoms with van der Waals surface area (Å²) in [5.41, 5.74) is 1.79. The Morgan fingerprint density at radius 2 is 2.03 bits per heavy atom. The molecule has 0 saturated heterocycles. The standard InChI is InChI=1S/C22H20N4O2S2/c1-2-11-26-21(28)13-7-3-5-9-15(13)23-22(26)29-12-17-24-19(27)18-14-8-4-6-10-16(14)30-20(18)25-17/h2-3,5,7,9,18H,1,4,6,8,10-12H2. The molecule has 3 heterocycles. The Hall–Kier alpha value is -2.45. The molecule has 0 spiro atoms. The summed E-state index contributed by atoms with van der Waals surface area (Å²) in [5.74, 6) is 0.521. The van der Waals surface area contributed by atoms with E-state index in [0.29, 0.717) is 34.2 Å². The third-order valence-electron chi connectivity index (χ3n) is 5.48. The third kappa shape index (κ3) is 3.37. The Morgan fingerprint density at radius 3 is 2.90 bits per heavy atom. The number of hydrogen-bond acceptors (Lipinski definition) is 6. The summed E-state index contributed by atoms with van der Waals surface area (Å²) in [6, 6.07) is 7.30. The summed E-state index contributed by atoms with van der Waals surface area (Å²) in [6.45, 7) is 4.12. The first kappa shape index (κ1) is 19.5. The van der Waals surface area contributed by atoms with Crippen LogP contribution < -0.4 is 5.56 Å². The number of allylic oxidation sites excluding steroid dienone is 2. The van der Waals surface area contributed by atoms with Crippen molar-refractivity contribution in [1.29, 1.82) is 0 Å². The van der Waals surface area contributed by atoms with Crippen LogP contribution in [0.2, 0.25) is 0 Å². The van der Waals surface area contributed by atoms with Gasteiger partial charge < -0.3 is 0 Å². The van der Waals surface area contributed by atoms with Crippen molar-refractivity contribution < 1.29 is 4.79 Å². The molecule has 1 aromatic carbocycles. The van der Waals surface area contributed by atoms with Crippen molar-refractivity contribution in [3.8, 4) is 0 Å². The fourth-order valence-electron chi connectivity index (χ4n) is 4.08. The summed E-state index contributed by atoms with van der Waals surface area (Å²) >= 11 is 3.03. The van der Waals surface area contributed by atoms with Crippen molar-refractivity contribution in [3.63, 3.8) is 0 Å². The van der Waals surface area contributed by atoms with Crippen LogP contribution in [0.25, 0.3) is 10.9 Å². The molecule has 1 amide bonds. The Balaban J connectivity index is 1.41. The average Bonchev–Trinajstić information content (AvgIpc) is 3.13. The lowest BCUT2D eigenvalue weighted by atomic mass is 9.89. The number of thioether (sulfide) groups is 2. The molecule has 0 saturated carbocycles. The van der Waals surface area contributed by atoms with Gasteiger partial charge in [-0.3, -0.25) is 14.2 Å². The highest BCUT2D eigenvalue weighted by molar-refractivity contribution is 8.17. The van der Waals surface area contributed by atoms with Crippen molar-refractivity contribution in [2.45, 2.75) is 37.4 Å². The number of benzene rings is 1. The van der Waals surface area contributed by atoms with E-state index in [1.807, 2.05) is 18.2 Å². The number of para-hydroxylation sites is 1. The maximum absolute atomic E-state index is 12.9. The minimum Gasteiger partial charge on any atom is -0.283 e. The molecule has 2 aromatic rings. The van der Waals surface area contributed by atoms with E-state index >= 15 is 0 Å². The van der Waals surface area contributed by atoms with Crippen LogP contribution in [-0.2, 0) is 11.3 Å². The second-order valence-corrected chi connectivity index (χ2v) is 9.47. The largest absolute Gasteiger partial charge is 0.283 e. The Kier molecular flexibility index (Phi) is 5.20. The van der Waals surface area contributed by atoms with E-state index in [9.17, 15) is 9.59 Å². The number of carbonyl (C=O) groups excluding carboxylic acids is 1. The minimum absolute atomic E-state index is 0.0979. The minimum atomic E-state index is -0.253. The second-order valence-electron chi connectivity index (χ2n) is 7.41. The summed E-state index contributed by atoms with van der Waals surface area (Å²) in [7, 11) is 0. The van der Waals surface area contributed by atoms with Gasteiger partial charge in [0.05, 0.1) is 21.7 Å². The highest BCUT2D eigenvalue weighted by Crippen LogP contribution is 2.47. The number of nitrogens with zero attached hydrogens (tertiary/aromatic N) is 4. The number of amidine groups is 1. The molecule has 0 radical (unpaired) electrons. The summed E-state index contributed by atoms with van der Waals surface area (Å²) in [4.78, 5) is 40.6. The lowest BCUT2D eigenvalue weighted by molar-refractivity contribution is -0.118. The average molecular weight is 437 g/mol. The maximum Gasteiger partial charge on any atom is 0.262 e. The van der Waals surface area contributed by atoms with Crippen molar-refractivity contribution in [2.24, 2.45) is 15.9 Å². The molecular formula is C22H20N4O2S2. The Bertz CT molecular complexity index is 1230. The molecule has 2 aliphatic heterocycles. The molecule has 8 heteroatoms. The first-order valence-electron chi connectivity index (χ1n) is 9.98. The highest BCUT2D eigenvalue weighted by atomic mass is 32.2. The van der Waals surface area contributed by atoms with E-state index in [0.717, 1.165) is 24.3 Å². The topological polar surface area (TPSA) is 76.7 Å². The predicted molar refractivity (Wildman–Crippen MR) is 123 cm³/mol. The van der Waals surface area contributed by atoms with Crippen molar-refractivity contribution in [2.75, 3.05) is 5.75 Å². The first-order valence-corrected chi connectivity index (χ1v) is 11.8. The SMILES string of the molecule is C=CCn1c(SCC2=NC(=O)C3C(=N2)SC2=C3CCCC2)nc2ccccc2c1=O. The van der Waals surface area contributed by atoms with Gasteiger partial charge in [0.2, 0.25) is 0 Å². The zero-order valence-electron chi connectivity index (χ0n) is 16.3. The highest BCUT2D eigenvalue weighted by Gasteiger charge is 2.40. The molecule has 6 nitrogen and oxygen atoms in total. The Morgan fingerprint density at radius 1 is 1.20 bits per heavy atom. The van der Waals surface area contributed by atoms with Gasteiger partial charge in [-0.25, -0.2) is 9.98 Å². The van der Waals surface area contributed by atoms with Crippen LogP contribution in [-0.4, -0.2) is 32.1 Å². The normalized spacial score (nSPS) is 20.7. The molecular weight excluding hydrogens is 416 g/mol. The third-order valence-corrected chi connectivity index (χ3v) is 7.70. The molecule has 5 rings (SSSR count). The van der Waals surface area contributed by atoms with Crippen LogP contribution in [0, 0.1) is 5.92 Å². The van der Waals surface area contributed by atoms with Crippen molar-refractivity contribution in [3.05, 3.63) is 57.8 Å². The summed E-state index contributed by atoms with van der Waals surface area (Å²) < 4.78 is 1.60. The molecule has 0 bridgehead atoms. The van der Waals surface area contributed by atoms with Gasteiger partial charge in [0, 0.05) is 6.54 Å². The fraction of sp³-hybridized carbons (Fsp3) is 0.318. The van der Waals surface area contributed by atoms with E-state index in [1.54, 1.807) is 28.5 Å². The Labute approximate surface area is 182 Å².